The van der Waals surface area contributed by atoms with E-state index in [1.807, 2.05) is 50.2 Å². The SMILES string of the molecule is Cc1cc(Br)cc(C)c1OCC(=O)Nc1ccc(CCC(=O)N(C)C)cc1. The molecule has 2 aromatic rings. The lowest BCUT2D eigenvalue weighted by molar-refractivity contribution is -0.128. The number of nitrogens with zero attached hydrogens (tertiary/aromatic N) is 1. The molecule has 0 saturated heterocycles. The predicted octanol–water partition coefficient (Wildman–Crippen LogP) is 4.10. The van der Waals surface area contributed by atoms with Gasteiger partial charge >= 0.3 is 0 Å². The molecule has 0 bridgehead atoms. The molecule has 0 unspecified atom stereocenters. The first-order valence-electron chi connectivity index (χ1n) is 8.74. The summed E-state index contributed by atoms with van der Waals surface area (Å²) < 4.78 is 6.68. The van der Waals surface area contributed by atoms with Crippen LogP contribution in [0.1, 0.15) is 23.1 Å². The highest BCUT2D eigenvalue weighted by atomic mass is 79.9. The van der Waals surface area contributed by atoms with Crippen LogP contribution in [0.5, 0.6) is 5.75 Å². The van der Waals surface area contributed by atoms with Crippen molar-refractivity contribution in [3.05, 3.63) is 57.6 Å². The minimum atomic E-state index is -0.216. The van der Waals surface area contributed by atoms with Gasteiger partial charge in [0.15, 0.2) is 6.61 Å². The molecule has 5 nitrogen and oxygen atoms in total. The van der Waals surface area contributed by atoms with E-state index in [0.717, 1.165) is 26.9 Å². The Kier molecular flexibility index (Phi) is 7.42. The molecule has 0 aromatic heterocycles. The number of benzene rings is 2. The smallest absolute Gasteiger partial charge is 0.262 e. The maximum atomic E-state index is 12.2. The lowest BCUT2D eigenvalue weighted by Gasteiger charge is -2.13. The molecule has 0 fully saturated rings. The van der Waals surface area contributed by atoms with Crippen molar-refractivity contribution < 1.29 is 14.3 Å². The third-order valence-electron chi connectivity index (χ3n) is 4.14. The normalized spacial score (nSPS) is 10.4. The summed E-state index contributed by atoms with van der Waals surface area (Å²) in [6.45, 7) is 3.85. The molecule has 0 aliphatic heterocycles. The van der Waals surface area contributed by atoms with E-state index in [-0.39, 0.29) is 18.4 Å². The fourth-order valence-electron chi connectivity index (χ4n) is 2.69. The van der Waals surface area contributed by atoms with Crippen LogP contribution in [0, 0.1) is 13.8 Å². The number of carbonyl (C=O) groups is 2. The lowest BCUT2D eigenvalue weighted by atomic mass is 10.1. The average molecular weight is 433 g/mol. The molecule has 0 aliphatic rings. The number of ether oxygens (including phenoxy) is 1. The Morgan fingerprint density at radius 1 is 1.07 bits per heavy atom. The molecule has 27 heavy (non-hydrogen) atoms. The van der Waals surface area contributed by atoms with Gasteiger partial charge < -0.3 is 15.0 Å². The zero-order valence-corrected chi connectivity index (χ0v) is 17.7. The highest BCUT2D eigenvalue weighted by Gasteiger charge is 2.09. The summed E-state index contributed by atoms with van der Waals surface area (Å²) in [5, 5.41) is 2.82. The van der Waals surface area contributed by atoms with Crippen molar-refractivity contribution in [2.24, 2.45) is 0 Å². The minimum absolute atomic E-state index is 0.0532. The topological polar surface area (TPSA) is 58.6 Å². The van der Waals surface area contributed by atoms with Crippen molar-refractivity contribution in [3.8, 4) is 5.75 Å². The second-order valence-electron chi connectivity index (χ2n) is 6.69. The van der Waals surface area contributed by atoms with Crippen molar-refractivity contribution in [2.75, 3.05) is 26.0 Å². The van der Waals surface area contributed by atoms with Crippen LogP contribution in [0.3, 0.4) is 0 Å². The third-order valence-corrected chi connectivity index (χ3v) is 4.59. The van der Waals surface area contributed by atoms with Gasteiger partial charge in [0, 0.05) is 30.7 Å². The molecular weight excluding hydrogens is 408 g/mol. The maximum Gasteiger partial charge on any atom is 0.262 e. The number of rotatable bonds is 7. The number of carbonyl (C=O) groups excluding carboxylic acids is 2. The Bertz CT molecular complexity index is 794. The van der Waals surface area contributed by atoms with Gasteiger partial charge in [0.05, 0.1) is 0 Å². The van der Waals surface area contributed by atoms with Gasteiger partial charge in [-0.05, 0) is 61.2 Å². The van der Waals surface area contributed by atoms with Crippen molar-refractivity contribution in [1.82, 2.24) is 4.90 Å². The minimum Gasteiger partial charge on any atom is -0.483 e. The van der Waals surface area contributed by atoms with Gasteiger partial charge in [-0.25, -0.2) is 0 Å². The average Bonchev–Trinajstić information content (AvgIpc) is 2.59. The summed E-state index contributed by atoms with van der Waals surface area (Å²) in [7, 11) is 3.50. The number of anilines is 1. The molecule has 0 saturated carbocycles. The first-order valence-corrected chi connectivity index (χ1v) is 9.54. The van der Waals surface area contributed by atoms with E-state index in [9.17, 15) is 9.59 Å². The van der Waals surface area contributed by atoms with Crippen molar-refractivity contribution in [1.29, 1.82) is 0 Å². The summed E-state index contributed by atoms with van der Waals surface area (Å²) >= 11 is 3.45. The molecule has 2 amide bonds. The third kappa shape index (κ3) is 6.40. The standard InChI is InChI=1S/C21H25BrN2O3/c1-14-11-17(22)12-15(2)21(14)27-13-19(25)23-18-8-5-16(6-9-18)7-10-20(26)24(3)4/h5-6,8-9,11-12H,7,10,13H2,1-4H3,(H,23,25). The van der Waals surface area contributed by atoms with E-state index in [0.29, 0.717) is 18.5 Å². The number of hydrogen-bond donors (Lipinski definition) is 1. The molecule has 2 aromatic carbocycles. The number of nitrogens with one attached hydrogen (secondary N) is 1. The number of halogens is 1. The van der Waals surface area contributed by atoms with Gasteiger partial charge in [-0.15, -0.1) is 0 Å². The highest BCUT2D eigenvalue weighted by Crippen LogP contribution is 2.27. The van der Waals surface area contributed by atoms with Crippen LogP contribution in [0.25, 0.3) is 0 Å². The molecule has 6 heteroatoms. The highest BCUT2D eigenvalue weighted by molar-refractivity contribution is 9.10. The fourth-order valence-corrected chi connectivity index (χ4v) is 3.38. The first kappa shape index (κ1) is 21.0. The van der Waals surface area contributed by atoms with E-state index >= 15 is 0 Å². The monoisotopic (exact) mass is 432 g/mol. The second-order valence-corrected chi connectivity index (χ2v) is 7.61. The maximum absolute atomic E-state index is 12.2. The Balaban J connectivity index is 1.86. The molecule has 0 radical (unpaired) electrons. The molecule has 0 heterocycles. The largest absolute Gasteiger partial charge is 0.483 e. The van der Waals surface area contributed by atoms with E-state index in [1.165, 1.54) is 0 Å². The molecule has 2 rings (SSSR count). The Morgan fingerprint density at radius 2 is 1.67 bits per heavy atom. The lowest BCUT2D eigenvalue weighted by Crippen LogP contribution is -2.22. The van der Waals surface area contributed by atoms with Gasteiger partial charge in [0.25, 0.3) is 5.91 Å². The van der Waals surface area contributed by atoms with Crippen LogP contribution in [-0.4, -0.2) is 37.4 Å². The molecule has 0 atom stereocenters. The van der Waals surface area contributed by atoms with Crippen molar-refractivity contribution >= 4 is 33.4 Å². The van der Waals surface area contributed by atoms with Crippen LogP contribution in [0.15, 0.2) is 40.9 Å². The van der Waals surface area contributed by atoms with Crippen LogP contribution in [0.2, 0.25) is 0 Å². The van der Waals surface area contributed by atoms with Gasteiger partial charge in [-0.2, -0.15) is 0 Å². The zero-order valence-electron chi connectivity index (χ0n) is 16.1. The summed E-state index contributed by atoms with van der Waals surface area (Å²) in [6, 6.07) is 11.4. The van der Waals surface area contributed by atoms with Crippen molar-refractivity contribution in [3.63, 3.8) is 0 Å². The predicted molar refractivity (Wildman–Crippen MR) is 111 cm³/mol. The molecular formula is C21H25BrN2O3. The van der Waals surface area contributed by atoms with Gasteiger partial charge in [0.1, 0.15) is 5.75 Å². The molecule has 0 spiro atoms. The van der Waals surface area contributed by atoms with E-state index in [1.54, 1.807) is 19.0 Å². The second kappa shape index (κ2) is 9.55. The molecule has 0 aliphatic carbocycles. The van der Waals surface area contributed by atoms with Crippen LogP contribution in [0.4, 0.5) is 5.69 Å². The Labute approximate surface area is 168 Å². The number of aryl methyl sites for hydroxylation is 3. The zero-order chi connectivity index (χ0) is 20.0. The van der Waals surface area contributed by atoms with E-state index < -0.39 is 0 Å². The number of hydrogen-bond acceptors (Lipinski definition) is 3. The van der Waals surface area contributed by atoms with Crippen molar-refractivity contribution in [2.45, 2.75) is 26.7 Å². The van der Waals surface area contributed by atoms with Crippen LogP contribution >= 0.6 is 15.9 Å². The molecule has 144 valence electrons. The van der Waals surface area contributed by atoms with Gasteiger partial charge in [0.2, 0.25) is 5.91 Å². The number of amides is 2. The summed E-state index contributed by atoms with van der Waals surface area (Å²) in [5.74, 6) is 0.615. The van der Waals surface area contributed by atoms with Crippen LogP contribution < -0.4 is 10.1 Å². The molecule has 1 N–H and O–H groups in total. The summed E-state index contributed by atoms with van der Waals surface area (Å²) in [6.07, 6.45) is 1.15. The van der Waals surface area contributed by atoms with Crippen LogP contribution in [-0.2, 0) is 16.0 Å². The summed E-state index contributed by atoms with van der Waals surface area (Å²) in [5.41, 5.74) is 3.72. The summed E-state index contributed by atoms with van der Waals surface area (Å²) in [4.78, 5) is 25.4. The quantitative estimate of drug-likeness (QED) is 0.715. The Morgan fingerprint density at radius 3 is 2.22 bits per heavy atom. The van der Waals surface area contributed by atoms with E-state index in [4.69, 9.17) is 4.74 Å². The Hall–Kier alpha value is -2.34. The van der Waals surface area contributed by atoms with E-state index in [2.05, 4.69) is 21.2 Å². The van der Waals surface area contributed by atoms with Gasteiger partial charge in [-0.3, -0.25) is 9.59 Å². The fraction of sp³-hybridized carbons (Fsp3) is 0.333. The van der Waals surface area contributed by atoms with Gasteiger partial charge in [-0.1, -0.05) is 28.1 Å². The first-order chi connectivity index (χ1) is 12.8.